The third-order valence-electron chi connectivity index (χ3n) is 2.02. The number of benzene rings is 1. The van der Waals surface area contributed by atoms with Gasteiger partial charge < -0.3 is 20.7 Å². The van der Waals surface area contributed by atoms with E-state index in [-0.39, 0.29) is 5.75 Å². The Hall–Kier alpha value is -1.26. The predicted molar refractivity (Wildman–Crippen MR) is 53.3 cm³/mol. The molecule has 1 aromatic carbocycles. The number of aromatic hydroxyl groups is 1. The molecule has 4 N–H and O–H groups in total. The SMILES string of the molecule is COc1cc(O)ccc1C(O)CCN. The van der Waals surface area contributed by atoms with E-state index in [1.807, 2.05) is 0 Å². The van der Waals surface area contributed by atoms with Crippen LogP contribution in [0.5, 0.6) is 11.5 Å². The van der Waals surface area contributed by atoms with E-state index in [4.69, 9.17) is 10.5 Å². The lowest BCUT2D eigenvalue weighted by atomic mass is 10.1. The Bertz CT molecular complexity index is 301. The Morgan fingerprint density at radius 3 is 2.79 bits per heavy atom. The van der Waals surface area contributed by atoms with Crippen LogP contribution in [0.3, 0.4) is 0 Å². The average Bonchev–Trinajstić information content (AvgIpc) is 2.17. The van der Waals surface area contributed by atoms with Gasteiger partial charge in [-0.15, -0.1) is 0 Å². The van der Waals surface area contributed by atoms with E-state index in [9.17, 15) is 10.2 Å². The Kier molecular flexibility index (Phi) is 3.73. The fourth-order valence-electron chi connectivity index (χ4n) is 1.29. The van der Waals surface area contributed by atoms with E-state index >= 15 is 0 Å². The van der Waals surface area contributed by atoms with E-state index in [1.54, 1.807) is 6.07 Å². The molecule has 0 fully saturated rings. The third kappa shape index (κ3) is 2.37. The number of rotatable bonds is 4. The molecule has 14 heavy (non-hydrogen) atoms. The van der Waals surface area contributed by atoms with Crippen molar-refractivity contribution in [3.63, 3.8) is 0 Å². The molecule has 0 aliphatic rings. The zero-order valence-electron chi connectivity index (χ0n) is 8.10. The van der Waals surface area contributed by atoms with Gasteiger partial charge in [0.05, 0.1) is 13.2 Å². The van der Waals surface area contributed by atoms with Crippen molar-refractivity contribution in [3.05, 3.63) is 23.8 Å². The molecule has 0 aliphatic heterocycles. The predicted octanol–water partition coefficient (Wildman–Crippen LogP) is 0.783. The van der Waals surface area contributed by atoms with Crippen LogP contribution >= 0.6 is 0 Å². The smallest absolute Gasteiger partial charge is 0.128 e. The lowest BCUT2D eigenvalue weighted by molar-refractivity contribution is 0.166. The Morgan fingerprint density at radius 2 is 2.21 bits per heavy atom. The first-order valence-electron chi connectivity index (χ1n) is 4.44. The van der Waals surface area contributed by atoms with Gasteiger partial charge in [0.1, 0.15) is 11.5 Å². The molecule has 0 heterocycles. The summed E-state index contributed by atoms with van der Waals surface area (Å²) in [5.74, 6) is 0.594. The van der Waals surface area contributed by atoms with Gasteiger partial charge in [-0.1, -0.05) is 0 Å². The number of hydrogen-bond acceptors (Lipinski definition) is 4. The molecule has 1 aromatic rings. The number of ether oxygens (including phenoxy) is 1. The van der Waals surface area contributed by atoms with Crippen molar-refractivity contribution in [1.82, 2.24) is 0 Å². The molecule has 0 aromatic heterocycles. The van der Waals surface area contributed by atoms with Crippen LogP contribution in [0.2, 0.25) is 0 Å². The van der Waals surface area contributed by atoms with Gasteiger partial charge in [0.15, 0.2) is 0 Å². The molecule has 4 nitrogen and oxygen atoms in total. The van der Waals surface area contributed by atoms with Crippen molar-refractivity contribution in [2.24, 2.45) is 5.73 Å². The molecule has 0 aliphatic carbocycles. The molecular formula is C10H15NO3. The van der Waals surface area contributed by atoms with Crippen molar-refractivity contribution in [2.45, 2.75) is 12.5 Å². The van der Waals surface area contributed by atoms with Crippen LogP contribution in [-0.2, 0) is 0 Å². The van der Waals surface area contributed by atoms with Crippen LogP contribution in [0.1, 0.15) is 18.1 Å². The number of methoxy groups -OCH3 is 1. The second-order valence-corrected chi connectivity index (χ2v) is 3.02. The highest BCUT2D eigenvalue weighted by Gasteiger charge is 2.12. The van der Waals surface area contributed by atoms with Gasteiger partial charge in [-0.2, -0.15) is 0 Å². The van der Waals surface area contributed by atoms with E-state index in [1.165, 1.54) is 19.2 Å². The topological polar surface area (TPSA) is 75.7 Å². The van der Waals surface area contributed by atoms with Crippen LogP contribution in [-0.4, -0.2) is 23.9 Å². The Balaban J connectivity index is 2.95. The van der Waals surface area contributed by atoms with Crippen molar-refractivity contribution in [2.75, 3.05) is 13.7 Å². The summed E-state index contributed by atoms with van der Waals surface area (Å²) in [6, 6.07) is 4.61. The lowest BCUT2D eigenvalue weighted by Gasteiger charge is -2.13. The minimum absolute atomic E-state index is 0.116. The maximum absolute atomic E-state index is 9.68. The summed E-state index contributed by atoms with van der Waals surface area (Å²) in [6.07, 6.45) is -0.170. The lowest BCUT2D eigenvalue weighted by Crippen LogP contribution is -2.07. The van der Waals surface area contributed by atoms with Crippen molar-refractivity contribution in [3.8, 4) is 11.5 Å². The molecule has 1 atom stereocenters. The molecule has 0 amide bonds. The number of nitrogens with two attached hydrogens (primary N) is 1. The van der Waals surface area contributed by atoms with Crippen molar-refractivity contribution < 1.29 is 14.9 Å². The molecular weight excluding hydrogens is 182 g/mol. The second kappa shape index (κ2) is 4.83. The standard InChI is InChI=1S/C10H15NO3/c1-14-10-6-7(12)2-3-8(10)9(13)4-5-11/h2-3,6,9,12-13H,4-5,11H2,1H3. The van der Waals surface area contributed by atoms with Crippen molar-refractivity contribution >= 4 is 0 Å². The third-order valence-corrected chi connectivity index (χ3v) is 2.02. The normalized spacial score (nSPS) is 12.5. The van der Waals surface area contributed by atoms with Crippen LogP contribution < -0.4 is 10.5 Å². The fraction of sp³-hybridized carbons (Fsp3) is 0.400. The monoisotopic (exact) mass is 197 g/mol. The van der Waals surface area contributed by atoms with Gasteiger partial charge in [-0.05, 0) is 25.1 Å². The summed E-state index contributed by atoms with van der Waals surface area (Å²) in [4.78, 5) is 0. The van der Waals surface area contributed by atoms with Crippen LogP contribution in [0.25, 0.3) is 0 Å². The molecule has 0 bridgehead atoms. The first kappa shape index (κ1) is 10.8. The molecule has 78 valence electrons. The van der Waals surface area contributed by atoms with Crippen molar-refractivity contribution in [1.29, 1.82) is 0 Å². The number of phenolic OH excluding ortho intramolecular Hbond substituents is 1. The van der Waals surface area contributed by atoms with Crippen LogP contribution in [0.15, 0.2) is 18.2 Å². The van der Waals surface area contributed by atoms with E-state index < -0.39 is 6.10 Å². The molecule has 4 heteroatoms. The number of aliphatic hydroxyl groups excluding tert-OH is 1. The fourth-order valence-corrected chi connectivity index (χ4v) is 1.29. The average molecular weight is 197 g/mol. The maximum Gasteiger partial charge on any atom is 0.128 e. The summed E-state index contributed by atoms with van der Waals surface area (Å²) < 4.78 is 5.03. The zero-order chi connectivity index (χ0) is 10.6. The van der Waals surface area contributed by atoms with Gasteiger partial charge in [0.25, 0.3) is 0 Å². The first-order chi connectivity index (χ1) is 6.69. The largest absolute Gasteiger partial charge is 0.508 e. The summed E-state index contributed by atoms with van der Waals surface area (Å²) >= 11 is 0. The molecule has 0 radical (unpaired) electrons. The van der Waals surface area contributed by atoms with Gasteiger partial charge >= 0.3 is 0 Å². The highest BCUT2D eigenvalue weighted by Crippen LogP contribution is 2.29. The quantitative estimate of drug-likeness (QED) is 0.666. The van der Waals surface area contributed by atoms with Gasteiger partial charge in [-0.3, -0.25) is 0 Å². The van der Waals surface area contributed by atoms with Gasteiger partial charge in [0, 0.05) is 11.6 Å². The Labute approximate surface area is 82.9 Å². The summed E-state index contributed by atoms with van der Waals surface area (Å²) in [5.41, 5.74) is 5.99. The molecule has 0 saturated heterocycles. The maximum atomic E-state index is 9.68. The summed E-state index contributed by atoms with van der Waals surface area (Å²) in [7, 11) is 1.49. The zero-order valence-corrected chi connectivity index (χ0v) is 8.10. The highest BCUT2D eigenvalue weighted by molar-refractivity contribution is 5.41. The van der Waals surface area contributed by atoms with E-state index in [2.05, 4.69) is 0 Å². The number of hydrogen-bond donors (Lipinski definition) is 3. The number of phenols is 1. The van der Waals surface area contributed by atoms with Gasteiger partial charge in [-0.25, -0.2) is 0 Å². The van der Waals surface area contributed by atoms with Gasteiger partial charge in [0.2, 0.25) is 0 Å². The molecule has 0 spiro atoms. The molecule has 1 rings (SSSR count). The summed E-state index contributed by atoms with van der Waals surface area (Å²) in [5, 5.41) is 18.9. The van der Waals surface area contributed by atoms with Crippen LogP contribution in [0, 0.1) is 0 Å². The first-order valence-corrected chi connectivity index (χ1v) is 4.44. The molecule has 0 saturated carbocycles. The summed E-state index contributed by atoms with van der Waals surface area (Å²) in [6.45, 7) is 0.408. The second-order valence-electron chi connectivity index (χ2n) is 3.02. The van der Waals surface area contributed by atoms with E-state index in [0.717, 1.165) is 0 Å². The molecule has 1 unspecified atom stereocenters. The Morgan fingerprint density at radius 1 is 1.50 bits per heavy atom. The van der Waals surface area contributed by atoms with E-state index in [0.29, 0.717) is 24.3 Å². The minimum Gasteiger partial charge on any atom is -0.508 e. The van der Waals surface area contributed by atoms with Crippen LogP contribution in [0.4, 0.5) is 0 Å². The minimum atomic E-state index is -0.643. The highest BCUT2D eigenvalue weighted by atomic mass is 16.5. The number of aliphatic hydroxyl groups is 1.